The largest absolute Gasteiger partial charge is 0.459 e. The van der Waals surface area contributed by atoms with Gasteiger partial charge in [0.2, 0.25) is 11.7 Å². The van der Waals surface area contributed by atoms with Gasteiger partial charge in [-0.05, 0) is 115 Å². The lowest BCUT2D eigenvalue weighted by molar-refractivity contribution is -0.384. The first-order valence-corrected chi connectivity index (χ1v) is 23.0. The fourth-order valence-electron chi connectivity index (χ4n) is 9.94. The SMILES string of the molecule is C=CCOC12Oc3ccc(Oc4ccc5ccccc5c4)cc3C3C(CCCCO)C(CCCCO)C=C(C(=NOCC)CC1N(CCOCCO)C(=O)C=Cc1ccc([N+](=O)[O-])cc1)C32. The highest BCUT2D eigenvalue weighted by molar-refractivity contribution is 6.03. The molecule has 0 aromatic heterocycles. The van der Waals surface area contributed by atoms with Crippen molar-refractivity contribution in [3.8, 4) is 17.2 Å². The van der Waals surface area contributed by atoms with Crippen LogP contribution in [0.15, 0.2) is 120 Å². The first kappa shape index (κ1) is 48.0. The van der Waals surface area contributed by atoms with E-state index in [1.165, 1.54) is 18.2 Å². The Morgan fingerprint density at radius 2 is 1.68 bits per heavy atom. The number of nitrogens with zero attached hydrogens (tertiary/aromatic N) is 3. The number of hydrogen-bond donors (Lipinski definition) is 3. The monoisotopic (exact) mass is 903 g/mol. The molecule has 1 aliphatic heterocycles. The van der Waals surface area contributed by atoms with Gasteiger partial charge in [0.25, 0.3) is 5.69 Å². The van der Waals surface area contributed by atoms with Crippen LogP contribution in [0, 0.1) is 27.9 Å². The Balaban J connectivity index is 1.41. The topological polar surface area (TPSA) is 183 Å². The van der Waals surface area contributed by atoms with Gasteiger partial charge in [0.15, 0.2) is 0 Å². The number of aliphatic hydroxyl groups excluding tert-OH is 3. The number of rotatable bonds is 24. The summed E-state index contributed by atoms with van der Waals surface area (Å²) < 4.78 is 26.8. The van der Waals surface area contributed by atoms with E-state index < -0.39 is 28.6 Å². The zero-order valence-electron chi connectivity index (χ0n) is 37.5. The second-order valence-electron chi connectivity index (χ2n) is 16.9. The summed E-state index contributed by atoms with van der Waals surface area (Å²) in [7, 11) is 0. The van der Waals surface area contributed by atoms with Gasteiger partial charge in [0.05, 0.1) is 43.0 Å². The van der Waals surface area contributed by atoms with E-state index in [0.29, 0.717) is 48.0 Å². The number of hydrogen-bond acceptors (Lipinski definition) is 12. The van der Waals surface area contributed by atoms with Crippen LogP contribution < -0.4 is 9.47 Å². The maximum absolute atomic E-state index is 14.8. The summed E-state index contributed by atoms with van der Waals surface area (Å²) in [4.78, 5) is 33.3. The van der Waals surface area contributed by atoms with Crippen molar-refractivity contribution in [2.45, 2.75) is 69.6 Å². The fourth-order valence-corrected chi connectivity index (χ4v) is 9.94. The Kier molecular flexibility index (Phi) is 16.8. The molecule has 1 saturated carbocycles. The van der Waals surface area contributed by atoms with E-state index in [1.54, 1.807) is 29.2 Å². The van der Waals surface area contributed by atoms with Gasteiger partial charge in [-0.3, -0.25) is 14.9 Å². The highest BCUT2D eigenvalue weighted by atomic mass is 16.7. The van der Waals surface area contributed by atoms with Gasteiger partial charge in [-0.2, -0.15) is 0 Å². The second-order valence-corrected chi connectivity index (χ2v) is 16.9. The molecule has 3 N–H and O–H groups in total. The zero-order chi connectivity index (χ0) is 46.5. The van der Waals surface area contributed by atoms with Crippen LogP contribution in [0.1, 0.15) is 68.9 Å². The molecule has 0 spiro atoms. The van der Waals surface area contributed by atoms with E-state index in [9.17, 15) is 30.2 Å². The van der Waals surface area contributed by atoms with Gasteiger partial charge in [-0.25, -0.2) is 0 Å². The number of ether oxygens (including phenoxy) is 4. The van der Waals surface area contributed by atoms with Crippen molar-refractivity contribution in [2.24, 2.45) is 22.9 Å². The lowest BCUT2D eigenvalue weighted by Gasteiger charge is -2.60. The number of fused-ring (bicyclic) bond motifs is 3. The van der Waals surface area contributed by atoms with Crippen LogP contribution in [0.3, 0.4) is 0 Å². The summed E-state index contributed by atoms with van der Waals surface area (Å²) in [6.45, 7) is 6.46. The molecule has 14 nitrogen and oxygen atoms in total. The van der Waals surface area contributed by atoms with Gasteiger partial charge < -0.3 is 44.0 Å². The predicted molar refractivity (Wildman–Crippen MR) is 252 cm³/mol. The van der Waals surface area contributed by atoms with Crippen molar-refractivity contribution in [3.05, 3.63) is 137 Å². The van der Waals surface area contributed by atoms with Crippen LogP contribution in [-0.4, -0.2) is 101 Å². The van der Waals surface area contributed by atoms with Crippen molar-refractivity contribution in [1.82, 2.24) is 4.90 Å². The number of non-ortho nitro benzene ring substituents is 1. The summed E-state index contributed by atoms with van der Waals surface area (Å²) in [5.74, 6) is -0.793. The molecule has 4 aromatic carbocycles. The van der Waals surface area contributed by atoms with Crippen LogP contribution in [0.25, 0.3) is 16.8 Å². The number of allylic oxidation sites excluding steroid dienone is 1. The molecule has 350 valence electrons. The first-order valence-electron chi connectivity index (χ1n) is 23.0. The number of nitro benzene ring substituents is 1. The maximum atomic E-state index is 14.8. The molecular weight excluding hydrogens is 843 g/mol. The van der Waals surface area contributed by atoms with E-state index >= 15 is 0 Å². The van der Waals surface area contributed by atoms with Crippen molar-refractivity contribution in [2.75, 3.05) is 52.8 Å². The van der Waals surface area contributed by atoms with Gasteiger partial charge in [-0.1, -0.05) is 60.5 Å². The fraction of sp³-hybridized carbons (Fsp3) is 0.423. The Morgan fingerprint density at radius 3 is 2.41 bits per heavy atom. The van der Waals surface area contributed by atoms with Crippen LogP contribution in [0.5, 0.6) is 17.2 Å². The molecule has 66 heavy (non-hydrogen) atoms. The van der Waals surface area contributed by atoms with Crippen LogP contribution in [0.4, 0.5) is 5.69 Å². The summed E-state index contributed by atoms with van der Waals surface area (Å²) in [6.07, 6.45) is 11.6. The number of benzene rings is 4. The molecule has 6 atom stereocenters. The van der Waals surface area contributed by atoms with Gasteiger partial charge in [0.1, 0.15) is 29.9 Å². The van der Waals surface area contributed by atoms with Gasteiger partial charge in [0, 0.05) is 55.9 Å². The van der Waals surface area contributed by atoms with Gasteiger partial charge >= 0.3 is 0 Å². The first-order chi connectivity index (χ1) is 32.2. The standard InChI is InChI=1S/C52H61N3O11/c1-3-29-63-52-48(54(25-30-62-31-28-58)49(59)24-17-36-15-19-40(20-16-36)55(60)61)35-46(53-64-4-2)44-33-39(13-7-9-26-56)43(14-8-10-27-57)50(51(44)52)45-34-42(22-23-47(45)66-52)65-41-21-18-37-11-5-6-12-38(37)32-41/h3,5-6,11-12,15-24,32-34,39,43,48,50-51,56-58H,1,4,7-10,13-14,25-31,35H2,2H3. The molecule has 1 amide bonds. The molecule has 3 aliphatic rings. The quantitative estimate of drug-likeness (QED) is 0.0201. The third-order valence-electron chi connectivity index (χ3n) is 12.8. The maximum Gasteiger partial charge on any atom is 0.269 e. The highest BCUT2D eigenvalue weighted by Gasteiger charge is 2.65. The van der Waals surface area contributed by atoms with E-state index in [1.807, 2.05) is 49.4 Å². The van der Waals surface area contributed by atoms with Crippen LogP contribution >= 0.6 is 0 Å². The average Bonchev–Trinajstić information content (AvgIpc) is 3.33. The van der Waals surface area contributed by atoms with Crippen LogP contribution in [-0.2, 0) is 19.1 Å². The Morgan fingerprint density at radius 1 is 0.939 bits per heavy atom. The molecule has 6 unspecified atom stereocenters. The summed E-state index contributed by atoms with van der Waals surface area (Å²) in [6, 6.07) is 25.1. The summed E-state index contributed by atoms with van der Waals surface area (Å²) >= 11 is 0. The molecule has 1 heterocycles. The number of amides is 1. The molecule has 14 heteroatoms. The van der Waals surface area contributed by atoms with Crippen molar-refractivity contribution >= 4 is 34.2 Å². The number of nitro groups is 1. The number of carbonyl (C=O) groups excluding carboxylic acids is 1. The number of aliphatic hydroxyl groups is 3. The highest BCUT2D eigenvalue weighted by Crippen LogP contribution is 2.62. The summed E-state index contributed by atoms with van der Waals surface area (Å²) in [5.41, 5.74) is 2.99. The zero-order valence-corrected chi connectivity index (χ0v) is 37.5. The third kappa shape index (κ3) is 10.9. The number of oxime groups is 1. The van der Waals surface area contributed by atoms with E-state index in [2.05, 4.69) is 30.9 Å². The van der Waals surface area contributed by atoms with Gasteiger partial charge in [-0.15, -0.1) is 6.58 Å². The average molecular weight is 904 g/mol. The molecule has 0 saturated heterocycles. The minimum Gasteiger partial charge on any atom is -0.459 e. The van der Waals surface area contributed by atoms with Crippen molar-refractivity contribution in [3.63, 3.8) is 0 Å². The molecule has 1 fully saturated rings. The molecular formula is C52H61N3O11. The molecule has 0 bridgehead atoms. The van der Waals surface area contributed by atoms with E-state index in [0.717, 1.165) is 47.6 Å². The number of unbranched alkanes of at least 4 members (excludes halogenated alkanes) is 2. The smallest absolute Gasteiger partial charge is 0.269 e. The number of carbonyl (C=O) groups is 1. The van der Waals surface area contributed by atoms with Crippen molar-refractivity contribution in [1.29, 1.82) is 0 Å². The lowest BCUT2D eigenvalue weighted by atomic mass is 9.55. The minimum atomic E-state index is -1.51. The van der Waals surface area contributed by atoms with Crippen molar-refractivity contribution < 1.29 is 48.8 Å². The second kappa shape index (κ2) is 23.0. The lowest BCUT2D eigenvalue weighted by Crippen LogP contribution is -2.70. The Bertz CT molecular complexity index is 2380. The van der Waals surface area contributed by atoms with E-state index in [-0.39, 0.29) is 76.0 Å². The van der Waals surface area contributed by atoms with Crippen LogP contribution in [0.2, 0.25) is 0 Å². The third-order valence-corrected chi connectivity index (χ3v) is 12.8. The predicted octanol–water partition coefficient (Wildman–Crippen LogP) is 8.74. The molecule has 7 rings (SSSR count). The Hall–Kier alpha value is -5.90. The molecule has 2 aliphatic carbocycles. The summed E-state index contributed by atoms with van der Waals surface area (Å²) in [5, 5.41) is 47.8. The Labute approximate surface area is 385 Å². The molecule has 0 radical (unpaired) electrons. The molecule has 4 aromatic rings. The van der Waals surface area contributed by atoms with E-state index in [4.69, 9.17) is 28.9 Å². The minimum absolute atomic E-state index is 0.000402. The normalized spacial score (nSPS) is 22.6.